The lowest BCUT2D eigenvalue weighted by molar-refractivity contribution is -0.128. The van der Waals surface area contributed by atoms with Gasteiger partial charge < -0.3 is 20.3 Å². The molecule has 1 heterocycles. The van der Waals surface area contributed by atoms with E-state index in [0.29, 0.717) is 16.5 Å². The average molecular weight is 312 g/mol. The number of ether oxygens (including phenoxy) is 1. The lowest BCUT2D eigenvalue weighted by atomic mass is 10.3. The Labute approximate surface area is 128 Å². The molecule has 1 aliphatic rings. The van der Waals surface area contributed by atoms with Crippen molar-refractivity contribution in [1.29, 1.82) is 0 Å². The summed E-state index contributed by atoms with van der Waals surface area (Å²) in [6, 6.07) is 4.44. The van der Waals surface area contributed by atoms with Crippen molar-refractivity contribution in [3.63, 3.8) is 0 Å². The summed E-state index contributed by atoms with van der Waals surface area (Å²) in [5.74, 6) is 0.432. The molecule has 0 aliphatic carbocycles. The van der Waals surface area contributed by atoms with Crippen LogP contribution in [-0.4, -0.2) is 43.6 Å². The number of amides is 3. The zero-order valence-electron chi connectivity index (χ0n) is 11.8. The van der Waals surface area contributed by atoms with Gasteiger partial charge in [0.25, 0.3) is 0 Å². The van der Waals surface area contributed by atoms with E-state index in [1.165, 1.54) is 7.11 Å². The normalized spacial score (nSPS) is 13.9. The van der Waals surface area contributed by atoms with Gasteiger partial charge in [0.1, 0.15) is 5.75 Å². The van der Waals surface area contributed by atoms with Gasteiger partial charge in [0.2, 0.25) is 5.91 Å². The van der Waals surface area contributed by atoms with Gasteiger partial charge >= 0.3 is 6.03 Å². The molecule has 1 aromatic rings. The van der Waals surface area contributed by atoms with Crippen LogP contribution in [0.25, 0.3) is 0 Å². The number of methoxy groups -OCH3 is 1. The van der Waals surface area contributed by atoms with Gasteiger partial charge in [-0.15, -0.1) is 0 Å². The standard InChI is InChI=1S/C14H18ClN3O3/c1-21-12-5-4-10(15)8-11(12)17-14(20)16-9-13(19)18-6-2-3-7-18/h4-5,8H,2-3,6-7,9H2,1H3,(H2,16,17,20). The molecule has 3 amide bonds. The summed E-state index contributed by atoms with van der Waals surface area (Å²) in [5, 5.41) is 5.64. The minimum Gasteiger partial charge on any atom is -0.495 e. The van der Waals surface area contributed by atoms with E-state index in [1.807, 2.05) is 0 Å². The minimum atomic E-state index is -0.469. The third-order valence-electron chi connectivity index (χ3n) is 3.27. The Morgan fingerprint density at radius 1 is 1.33 bits per heavy atom. The first-order valence-electron chi connectivity index (χ1n) is 6.76. The van der Waals surface area contributed by atoms with Gasteiger partial charge in [-0.1, -0.05) is 11.6 Å². The second kappa shape index (κ2) is 7.17. The van der Waals surface area contributed by atoms with Crippen LogP contribution in [0.5, 0.6) is 5.75 Å². The van der Waals surface area contributed by atoms with E-state index in [1.54, 1.807) is 23.1 Å². The highest BCUT2D eigenvalue weighted by molar-refractivity contribution is 6.31. The Balaban J connectivity index is 1.86. The monoisotopic (exact) mass is 311 g/mol. The van der Waals surface area contributed by atoms with Crippen molar-refractivity contribution in [3.05, 3.63) is 23.2 Å². The first-order chi connectivity index (χ1) is 10.1. The van der Waals surface area contributed by atoms with Gasteiger partial charge in [0.15, 0.2) is 0 Å². The number of hydrogen-bond donors (Lipinski definition) is 2. The first kappa shape index (κ1) is 15.4. The Kier molecular flexibility index (Phi) is 5.27. The fourth-order valence-corrected chi connectivity index (χ4v) is 2.35. The predicted octanol–water partition coefficient (Wildman–Crippen LogP) is 2.09. The smallest absolute Gasteiger partial charge is 0.319 e. The second-order valence-corrected chi connectivity index (χ2v) is 5.18. The highest BCUT2D eigenvalue weighted by atomic mass is 35.5. The molecule has 0 unspecified atom stereocenters. The van der Waals surface area contributed by atoms with E-state index in [4.69, 9.17) is 16.3 Å². The van der Waals surface area contributed by atoms with Crippen molar-refractivity contribution in [2.75, 3.05) is 32.1 Å². The molecular formula is C14H18ClN3O3. The zero-order valence-corrected chi connectivity index (χ0v) is 12.6. The average Bonchev–Trinajstić information content (AvgIpc) is 2.99. The highest BCUT2D eigenvalue weighted by Crippen LogP contribution is 2.27. The van der Waals surface area contributed by atoms with E-state index < -0.39 is 6.03 Å². The number of hydrogen-bond acceptors (Lipinski definition) is 3. The number of urea groups is 1. The van der Waals surface area contributed by atoms with Gasteiger partial charge in [0, 0.05) is 18.1 Å². The van der Waals surface area contributed by atoms with Crippen molar-refractivity contribution in [2.45, 2.75) is 12.8 Å². The Morgan fingerprint density at radius 2 is 2.05 bits per heavy atom. The number of benzene rings is 1. The highest BCUT2D eigenvalue weighted by Gasteiger charge is 2.18. The molecule has 21 heavy (non-hydrogen) atoms. The SMILES string of the molecule is COc1ccc(Cl)cc1NC(=O)NCC(=O)N1CCCC1. The van der Waals surface area contributed by atoms with E-state index in [-0.39, 0.29) is 12.5 Å². The topological polar surface area (TPSA) is 70.7 Å². The van der Waals surface area contributed by atoms with Crippen LogP contribution in [0, 0.1) is 0 Å². The van der Waals surface area contributed by atoms with Crippen LogP contribution in [-0.2, 0) is 4.79 Å². The minimum absolute atomic E-state index is 0.0191. The van der Waals surface area contributed by atoms with Crippen LogP contribution in [0.2, 0.25) is 5.02 Å². The number of anilines is 1. The summed E-state index contributed by atoms with van der Waals surface area (Å²) >= 11 is 5.88. The summed E-state index contributed by atoms with van der Waals surface area (Å²) in [5.41, 5.74) is 0.455. The Bertz CT molecular complexity index is 530. The molecule has 2 N–H and O–H groups in total. The summed E-state index contributed by atoms with van der Waals surface area (Å²) in [4.78, 5) is 25.4. The van der Waals surface area contributed by atoms with Gasteiger partial charge in [-0.05, 0) is 31.0 Å². The number of nitrogens with zero attached hydrogens (tertiary/aromatic N) is 1. The molecule has 0 spiro atoms. The van der Waals surface area contributed by atoms with Crippen molar-refractivity contribution in [1.82, 2.24) is 10.2 Å². The van der Waals surface area contributed by atoms with Crippen LogP contribution in [0.4, 0.5) is 10.5 Å². The Hall–Kier alpha value is -1.95. The van der Waals surface area contributed by atoms with Gasteiger partial charge in [-0.3, -0.25) is 4.79 Å². The summed E-state index contributed by atoms with van der Waals surface area (Å²) in [7, 11) is 1.50. The molecule has 6 nitrogen and oxygen atoms in total. The largest absolute Gasteiger partial charge is 0.495 e. The summed E-state index contributed by atoms with van der Waals surface area (Å²) in [6.45, 7) is 1.52. The molecule has 0 bridgehead atoms. The molecule has 1 aliphatic heterocycles. The number of rotatable bonds is 4. The van der Waals surface area contributed by atoms with E-state index >= 15 is 0 Å². The van der Waals surface area contributed by atoms with Gasteiger partial charge in [-0.25, -0.2) is 4.79 Å². The lowest BCUT2D eigenvalue weighted by Gasteiger charge is -2.16. The maximum absolute atomic E-state index is 11.8. The van der Waals surface area contributed by atoms with Crippen LogP contribution >= 0.6 is 11.6 Å². The first-order valence-corrected chi connectivity index (χ1v) is 7.14. The van der Waals surface area contributed by atoms with Crippen LogP contribution in [0.1, 0.15) is 12.8 Å². The third kappa shape index (κ3) is 4.26. The zero-order chi connectivity index (χ0) is 15.2. The van der Waals surface area contributed by atoms with Gasteiger partial charge in [-0.2, -0.15) is 0 Å². The molecular weight excluding hydrogens is 294 g/mol. The summed E-state index contributed by atoms with van der Waals surface area (Å²) < 4.78 is 5.13. The predicted molar refractivity (Wildman–Crippen MR) is 80.8 cm³/mol. The maximum Gasteiger partial charge on any atom is 0.319 e. The molecule has 0 saturated carbocycles. The third-order valence-corrected chi connectivity index (χ3v) is 3.50. The molecule has 114 valence electrons. The van der Waals surface area contributed by atoms with Crippen LogP contribution in [0.15, 0.2) is 18.2 Å². The number of nitrogens with one attached hydrogen (secondary N) is 2. The molecule has 0 atom stereocenters. The quantitative estimate of drug-likeness (QED) is 0.894. The fourth-order valence-electron chi connectivity index (χ4n) is 2.18. The number of carbonyl (C=O) groups is 2. The molecule has 0 aromatic heterocycles. The van der Waals surface area contributed by atoms with Crippen LogP contribution < -0.4 is 15.4 Å². The van der Waals surface area contributed by atoms with Gasteiger partial charge in [0.05, 0.1) is 19.3 Å². The van der Waals surface area contributed by atoms with E-state index in [2.05, 4.69) is 10.6 Å². The fraction of sp³-hybridized carbons (Fsp3) is 0.429. The van der Waals surface area contributed by atoms with E-state index in [9.17, 15) is 9.59 Å². The van der Waals surface area contributed by atoms with Crippen LogP contribution in [0.3, 0.4) is 0 Å². The summed E-state index contributed by atoms with van der Waals surface area (Å²) in [6.07, 6.45) is 2.05. The molecule has 2 rings (SSSR count). The lowest BCUT2D eigenvalue weighted by Crippen LogP contribution is -2.40. The molecule has 7 heteroatoms. The van der Waals surface area contributed by atoms with Crippen molar-refractivity contribution in [2.24, 2.45) is 0 Å². The molecule has 1 saturated heterocycles. The molecule has 0 radical (unpaired) electrons. The number of halogens is 1. The number of carbonyl (C=O) groups excluding carboxylic acids is 2. The second-order valence-electron chi connectivity index (χ2n) is 4.74. The molecule has 1 fully saturated rings. The number of likely N-dealkylation sites (tertiary alicyclic amines) is 1. The van der Waals surface area contributed by atoms with Crippen molar-refractivity contribution in [3.8, 4) is 5.75 Å². The Morgan fingerprint density at radius 3 is 2.71 bits per heavy atom. The molecule has 1 aromatic carbocycles. The van der Waals surface area contributed by atoms with E-state index in [0.717, 1.165) is 25.9 Å². The maximum atomic E-state index is 11.8. The van der Waals surface area contributed by atoms with Crippen molar-refractivity contribution < 1.29 is 14.3 Å². The van der Waals surface area contributed by atoms with Crippen molar-refractivity contribution >= 4 is 29.2 Å².